The Bertz CT molecular complexity index is 1130. The van der Waals surface area contributed by atoms with E-state index < -0.39 is 36.2 Å². The van der Waals surface area contributed by atoms with Crippen molar-refractivity contribution in [2.45, 2.75) is 19.2 Å². The number of carbonyl (C=O) groups excluding carboxylic acids is 2. The summed E-state index contributed by atoms with van der Waals surface area (Å²) in [5.41, 5.74) is -0.456. The summed E-state index contributed by atoms with van der Waals surface area (Å²) in [5.74, 6) is -0.683. The van der Waals surface area contributed by atoms with Crippen molar-refractivity contribution in [1.29, 1.82) is 0 Å². The number of para-hydroxylation sites is 2. The molecular formula is C20H16F3N5O3. The molecular weight excluding hydrogens is 415 g/mol. The summed E-state index contributed by atoms with van der Waals surface area (Å²) in [7, 11) is 0. The Balaban J connectivity index is 1.63. The molecule has 3 aromatic rings. The summed E-state index contributed by atoms with van der Waals surface area (Å²) < 4.78 is 46.4. The first kappa shape index (κ1) is 20.4. The number of benzene rings is 2. The van der Waals surface area contributed by atoms with Crippen LogP contribution in [-0.4, -0.2) is 39.2 Å². The molecule has 0 radical (unpaired) electrons. The van der Waals surface area contributed by atoms with Crippen molar-refractivity contribution in [3.63, 3.8) is 0 Å². The Hall–Kier alpha value is -3.89. The van der Waals surface area contributed by atoms with E-state index in [4.69, 9.17) is 4.74 Å². The molecule has 160 valence electrons. The number of halogens is 3. The number of aromatic nitrogens is 3. The minimum Gasteiger partial charge on any atom is -0.479 e. The molecule has 0 saturated carbocycles. The van der Waals surface area contributed by atoms with Gasteiger partial charge in [-0.15, -0.1) is 0 Å². The van der Waals surface area contributed by atoms with Crippen LogP contribution < -0.4 is 15.0 Å². The van der Waals surface area contributed by atoms with E-state index in [2.05, 4.69) is 15.4 Å². The molecule has 11 heteroatoms. The SMILES string of the molecule is C[C@H]1Oc2ccccc2N(CC(=O)Nc2cc(C(F)(F)F)ccc2-n2cncn2)C1=O. The first-order valence-corrected chi connectivity index (χ1v) is 9.17. The first-order valence-electron chi connectivity index (χ1n) is 9.17. The summed E-state index contributed by atoms with van der Waals surface area (Å²) in [6.45, 7) is 1.15. The molecule has 1 atom stereocenters. The Morgan fingerprint density at radius 1 is 1.19 bits per heavy atom. The van der Waals surface area contributed by atoms with Crippen LogP contribution in [0.2, 0.25) is 0 Å². The lowest BCUT2D eigenvalue weighted by Crippen LogP contribution is -2.47. The van der Waals surface area contributed by atoms with Crippen LogP contribution in [0.3, 0.4) is 0 Å². The van der Waals surface area contributed by atoms with Crippen LogP contribution >= 0.6 is 0 Å². The van der Waals surface area contributed by atoms with E-state index in [1.54, 1.807) is 31.2 Å². The maximum Gasteiger partial charge on any atom is 0.416 e. The van der Waals surface area contributed by atoms with Gasteiger partial charge in [-0.1, -0.05) is 12.1 Å². The van der Waals surface area contributed by atoms with Crippen molar-refractivity contribution < 1.29 is 27.5 Å². The summed E-state index contributed by atoms with van der Waals surface area (Å²) in [6.07, 6.45) is -2.90. The van der Waals surface area contributed by atoms with Crippen molar-refractivity contribution in [3.8, 4) is 11.4 Å². The Morgan fingerprint density at radius 2 is 1.97 bits per heavy atom. The second kappa shape index (κ2) is 7.74. The van der Waals surface area contributed by atoms with Crippen LogP contribution in [0.25, 0.3) is 5.69 Å². The molecule has 1 aromatic heterocycles. The Kier molecular flexibility index (Phi) is 5.09. The monoisotopic (exact) mass is 431 g/mol. The van der Waals surface area contributed by atoms with Gasteiger partial charge in [0.2, 0.25) is 5.91 Å². The number of nitrogens with zero attached hydrogens (tertiary/aromatic N) is 4. The normalized spacial score (nSPS) is 15.9. The van der Waals surface area contributed by atoms with Gasteiger partial charge in [0.15, 0.2) is 6.10 Å². The molecule has 2 amide bonds. The molecule has 0 aliphatic carbocycles. The largest absolute Gasteiger partial charge is 0.479 e. The number of amides is 2. The van der Waals surface area contributed by atoms with Crippen LogP contribution in [0, 0.1) is 0 Å². The number of ether oxygens (including phenoxy) is 1. The summed E-state index contributed by atoms with van der Waals surface area (Å²) in [4.78, 5) is 30.3. The average Bonchev–Trinajstić information content (AvgIpc) is 3.25. The first-order chi connectivity index (χ1) is 14.7. The number of alkyl halides is 3. The van der Waals surface area contributed by atoms with Crippen LogP contribution in [0.4, 0.5) is 24.5 Å². The number of fused-ring (bicyclic) bond motifs is 1. The highest BCUT2D eigenvalue weighted by Crippen LogP contribution is 2.35. The fourth-order valence-electron chi connectivity index (χ4n) is 3.20. The fraction of sp³-hybridized carbons (Fsp3) is 0.200. The van der Waals surface area contributed by atoms with E-state index in [0.29, 0.717) is 11.4 Å². The van der Waals surface area contributed by atoms with Gasteiger partial charge in [-0.25, -0.2) is 9.67 Å². The summed E-state index contributed by atoms with van der Waals surface area (Å²) in [5, 5.41) is 6.37. The van der Waals surface area contributed by atoms with Gasteiger partial charge >= 0.3 is 6.18 Å². The van der Waals surface area contributed by atoms with Crippen LogP contribution in [-0.2, 0) is 15.8 Å². The predicted molar refractivity (Wildman–Crippen MR) is 104 cm³/mol. The highest BCUT2D eigenvalue weighted by atomic mass is 19.4. The maximum atomic E-state index is 13.2. The van der Waals surface area contributed by atoms with Crippen LogP contribution in [0.1, 0.15) is 12.5 Å². The van der Waals surface area contributed by atoms with Crippen molar-refractivity contribution in [2.24, 2.45) is 0 Å². The minimum atomic E-state index is -4.60. The third-order valence-corrected chi connectivity index (χ3v) is 4.64. The number of carbonyl (C=O) groups is 2. The molecule has 2 aromatic carbocycles. The lowest BCUT2D eigenvalue weighted by atomic mass is 10.1. The van der Waals surface area contributed by atoms with Gasteiger partial charge in [0.05, 0.1) is 22.6 Å². The van der Waals surface area contributed by atoms with Gasteiger partial charge in [-0.2, -0.15) is 18.3 Å². The molecule has 8 nitrogen and oxygen atoms in total. The second-order valence-electron chi connectivity index (χ2n) is 6.77. The Labute approximate surface area is 174 Å². The summed E-state index contributed by atoms with van der Waals surface area (Å²) in [6, 6.07) is 9.59. The molecule has 1 aliphatic heterocycles. The topological polar surface area (TPSA) is 89.3 Å². The maximum absolute atomic E-state index is 13.2. The van der Waals surface area contributed by atoms with E-state index in [0.717, 1.165) is 12.1 Å². The van der Waals surface area contributed by atoms with E-state index in [1.165, 1.54) is 28.3 Å². The zero-order chi connectivity index (χ0) is 22.2. The third kappa shape index (κ3) is 4.06. The zero-order valence-electron chi connectivity index (χ0n) is 16.1. The standard InChI is InChI=1S/C20H16F3N5O3/c1-12-19(30)27(16-4-2-3-5-17(16)31-12)9-18(29)26-14-8-13(20(21,22)23)6-7-15(14)28-11-24-10-25-28/h2-8,10-12H,9H2,1H3,(H,26,29)/t12-/m1/s1. The van der Waals surface area contributed by atoms with Crippen molar-refractivity contribution in [3.05, 3.63) is 60.7 Å². The van der Waals surface area contributed by atoms with Gasteiger partial charge in [0, 0.05) is 0 Å². The molecule has 1 aliphatic rings. The molecule has 0 spiro atoms. The molecule has 4 rings (SSSR count). The van der Waals surface area contributed by atoms with Crippen molar-refractivity contribution >= 4 is 23.2 Å². The average molecular weight is 431 g/mol. The highest BCUT2D eigenvalue weighted by Gasteiger charge is 2.34. The number of hydrogen-bond acceptors (Lipinski definition) is 5. The van der Waals surface area contributed by atoms with Gasteiger partial charge in [-0.05, 0) is 37.3 Å². The van der Waals surface area contributed by atoms with Crippen molar-refractivity contribution in [1.82, 2.24) is 14.8 Å². The number of nitrogens with one attached hydrogen (secondary N) is 1. The van der Waals surface area contributed by atoms with Crippen LogP contribution in [0.15, 0.2) is 55.1 Å². The Morgan fingerprint density at radius 3 is 2.68 bits per heavy atom. The number of anilines is 2. The van der Waals surface area contributed by atoms with Crippen LogP contribution in [0.5, 0.6) is 5.75 Å². The molecule has 0 unspecified atom stereocenters. The highest BCUT2D eigenvalue weighted by molar-refractivity contribution is 6.06. The smallest absolute Gasteiger partial charge is 0.416 e. The number of rotatable bonds is 4. The number of hydrogen-bond donors (Lipinski definition) is 1. The second-order valence-corrected chi connectivity index (χ2v) is 6.77. The summed E-state index contributed by atoms with van der Waals surface area (Å²) >= 11 is 0. The fourth-order valence-corrected chi connectivity index (χ4v) is 3.20. The van der Waals surface area contributed by atoms with E-state index in [9.17, 15) is 22.8 Å². The molecule has 0 saturated heterocycles. The van der Waals surface area contributed by atoms with Gasteiger partial charge in [0.25, 0.3) is 5.91 Å². The minimum absolute atomic E-state index is 0.118. The predicted octanol–water partition coefficient (Wildman–Crippen LogP) is 3.04. The van der Waals surface area contributed by atoms with Gasteiger partial charge in [-0.3, -0.25) is 14.5 Å². The molecule has 31 heavy (non-hydrogen) atoms. The third-order valence-electron chi connectivity index (χ3n) is 4.64. The van der Waals surface area contributed by atoms with E-state index in [1.807, 2.05) is 0 Å². The van der Waals surface area contributed by atoms with Crippen molar-refractivity contribution in [2.75, 3.05) is 16.8 Å². The van der Waals surface area contributed by atoms with E-state index >= 15 is 0 Å². The quantitative estimate of drug-likeness (QED) is 0.686. The molecule has 0 fully saturated rings. The lowest BCUT2D eigenvalue weighted by molar-refractivity contribution is -0.137. The van der Waals surface area contributed by atoms with E-state index in [-0.39, 0.29) is 11.4 Å². The molecule has 0 bridgehead atoms. The molecule has 2 heterocycles. The molecule has 1 N–H and O–H groups in total. The van der Waals surface area contributed by atoms with Gasteiger partial charge in [0.1, 0.15) is 24.9 Å². The zero-order valence-corrected chi connectivity index (χ0v) is 16.1. The van der Waals surface area contributed by atoms with Gasteiger partial charge < -0.3 is 10.1 Å². The lowest BCUT2D eigenvalue weighted by Gasteiger charge is -2.32.